The number of nitrogens with zero attached hydrogens (tertiary/aromatic N) is 4. The molecule has 0 saturated carbocycles. The fourth-order valence-corrected chi connectivity index (χ4v) is 2.03. The van der Waals surface area contributed by atoms with Crippen LogP contribution in [-0.2, 0) is 12.4 Å². The number of aromatic nitrogens is 5. The summed E-state index contributed by atoms with van der Waals surface area (Å²) in [7, 11) is 0. The van der Waals surface area contributed by atoms with E-state index in [9.17, 15) is 26.3 Å². The fraction of sp³-hybridized carbons (Fsp3) is 0.154. The van der Waals surface area contributed by atoms with Crippen LogP contribution in [0.15, 0.2) is 36.5 Å². The Morgan fingerprint density at radius 1 is 0.917 bits per heavy atom. The molecule has 0 atom stereocenters. The van der Waals surface area contributed by atoms with Crippen LogP contribution in [0.3, 0.4) is 0 Å². The van der Waals surface area contributed by atoms with Gasteiger partial charge in [-0.2, -0.15) is 31.4 Å². The second-order valence-electron chi connectivity index (χ2n) is 4.73. The molecule has 0 aliphatic heterocycles. The van der Waals surface area contributed by atoms with Gasteiger partial charge >= 0.3 is 12.4 Å². The van der Waals surface area contributed by atoms with Gasteiger partial charge in [0.2, 0.25) is 0 Å². The van der Waals surface area contributed by atoms with Crippen molar-refractivity contribution in [2.75, 3.05) is 0 Å². The van der Waals surface area contributed by atoms with Gasteiger partial charge in [0.1, 0.15) is 11.4 Å². The molecule has 126 valence electrons. The SMILES string of the molecule is FC(F)(F)c1cc(C(F)(F)F)n(-c2ccc(-c3c[nH]nn3)cc2)n1. The summed E-state index contributed by atoms with van der Waals surface area (Å²) in [5, 5.41) is 12.7. The molecule has 0 aliphatic rings. The number of H-pyrrole nitrogens is 1. The maximum absolute atomic E-state index is 13.0. The number of halogens is 6. The highest BCUT2D eigenvalue weighted by Gasteiger charge is 2.42. The normalized spacial score (nSPS) is 12.6. The Morgan fingerprint density at radius 2 is 1.58 bits per heavy atom. The van der Waals surface area contributed by atoms with Gasteiger partial charge in [0.15, 0.2) is 5.69 Å². The molecule has 0 saturated heterocycles. The van der Waals surface area contributed by atoms with Crippen LogP contribution in [0.5, 0.6) is 0 Å². The van der Waals surface area contributed by atoms with Gasteiger partial charge in [-0.25, -0.2) is 4.68 Å². The van der Waals surface area contributed by atoms with E-state index in [1.165, 1.54) is 30.5 Å². The number of aromatic amines is 1. The largest absolute Gasteiger partial charge is 0.435 e. The maximum Gasteiger partial charge on any atom is 0.435 e. The lowest BCUT2D eigenvalue weighted by atomic mass is 10.1. The van der Waals surface area contributed by atoms with Crippen LogP contribution >= 0.6 is 0 Å². The molecule has 0 fully saturated rings. The number of hydrogen-bond donors (Lipinski definition) is 1. The summed E-state index contributed by atoms with van der Waals surface area (Å²) < 4.78 is 77.2. The van der Waals surface area contributed by atoms with Crippen LogP contribution in [0, 0.1) is 0 Å². The summed E-state index contributed by atoms with van der Waals surface area (Å²) in [6.45, 7) is 0. The fourth-order valence-electron chi connectivity index (χ4n) is 2.03. The summed E-state index contributed by atoms with van der Waals surface area (Å²) in [5.74, 6) is 0. The molecule has 1 N–H and O–H groups in total. The third-order valence-corrected chi connectivity index (χ3v) is 3.11. The Morgan fingerprint density at radius 3 is 2.08 bits per heavy atom. The van der Waals surface area contributed by atoms with Gasteiger partial charge in [0, 0.05) is 17.8 Å². The molecule has 3 aromatic rings. The molecule has 0 amide bonds. The van der Waals surface area contributed by atoms with Crippen molar-refractivity contribution in [3.8, 4) is 16.9 Å². The molecule has 2 heterocycles. The minimum absolute atomic E-state index is 0.0223. The van der Waals surface area contributed by atoms with Crippen LogP contribution in [-0.4, -0.2) is 25.2 Å². The summed E-state index contributed by atoms with van der Waals surface area (Å²) >= 11 is 0. The van der Waals surface area contributed by atoms with Gasteiger partial charge in [-0.3, -0.25) is 5.10 Å². The lowest BCUT2D eigenvalue weighted by Crippen LogP contribution is -2.13. The molecule has 2 aromatic heterocycles. The highest BCUT2D eigenvalue weighted by atomic mass is 19.4. The van der Waals surface area contributed by atoms with Crippen molar-refractivity contribution < 1.29 is 26.3 Å². The van der Waals surface area contributed by atoms with E-state index >= 15 is 0 Å². The molecule has 5 nitrogen and oxygen atoms in total. The summed E-state index contributed by atoms with van der Waals surface area (Å²) in [6.07, 6.45) is -8.50. The summed E-state index contributed by atoms with van der Waals surface area (Å²) in [5.41, 5.74) is -2.32. The van der Waals surface area contributed by atoms with Gasteiger partial charge in [-0.1, -0.05) is 17.3 Å². The van der Waals surface area contributed by atoms with Gasteiger partial charge in [0.05, 0.1) is 5.69 Å². The van der Waals surface area contributed by atoms with Gasteiger partial charge in [0.25, 0.3) is 0 Å². The van der Waals surface area contributed by atoms with Gasteiger partial charge < -0.3 is 0 Å². The third-order valence-electron chi connectivity index (χ3n) is 3.11. The van der Waals surface area contributed by atoms with E-state index in [1.54, 1.807) is 0 Å². The van der Waals surface area contributed by atoms with Gasteiger partial charge in [-0.05, 0) is 12.1 Å². The second kappa shape index (κ2) is 5.35. The number of nitrogens with one attached hydrogen (secondary N) is 1. The predicted molar refractivity (Wildman–Crippen MR) is 68.9 cm³/mol. The van der Waals surface area contributed by atoms with Crippen LogP contribution in [0.25, 0.3) is 16.9 Å². The minimum atomic E-state index is -4.98. The zero-order chi connectivity index (χ0) is 17.5. The number of hydrogen-bond acceptors (Lipinski definition) is 3. The van der Waals surface area contributed by atoms with E-state index in [-0.39, 0.29) is 16.4 Å². The van der Waals surface area contributed by atoms with E-state index in [2.05, 4.69) is 20.5 Å². The molecular weight excluding hydrogens is 340 g/mol. The van der Waals surface area contributed by atoms with E-state index in [4.69, 9.17) is 0 Å². The van der Waals surface area contributed by atoms with Crippen molar-refractivity contribution in [3.63, 3.8) is 0 Å². The smallest absolute Gasteiger partial charge is 0.265 e. The monoisotopic (exact) mass is 347 g/mol. The molecule has 0 unspecified atom stereocenters. The second-order valence-corrected chi connectivity index (χ2v) is 4.73. The highest BCUT2D eigenvalue weighted by Crippen LogP contribution is 2.36. The van der Waals surface area contributed by atoms with E-state index < -0.39 is 23.7 Å². The Kier molecular flexibility index (Phi) is 3.57. The highest BCUT2D eigenvalue weighted by molar-refractivity contribution is 5.59. The average Bonchev–Trinajstić information content (AvgIpc) is 3.16. The Labute approximate surface area is 129 Å². The average molecular weight is 347 g/mol. The van der Waals surface area contributed by atoms with E-state index in [1.807, 2.05) is 0 Å². The Bertz CT molecular complexity index is 829. The van der Waals surface area contributed by atoms with Crippen molar-refractivity contribution in [1.82, 2.24) is 25.2 Å². The quantitative estimate of drug-likeness (QED) is 0.719. The first kappa shape index (κ1) is 16.0. The van der Waals surface area contributed by atoms with Crippen molar-refractivity contribution in [2.45, 2.75) is 12.4 Å². The van der Waals surface area contributed by atoms with Crippen LogP contribution in [0.4, 0.5) is 26.3 Å². The third kappa shape index (κ3) is 2.96. The number of rotatable bonds is 2. The first-order valence-corrected chi connectivity index (χ1v) is 6.38. The van der Waals surface area contributed by atoms with Crippen LogP contribution in [0.1, 0.15) is 11.4 Å². The first-order valence-electron chi connectivity index (χ1n) is 6.38. The zero-order valence-electron chi connectivity index (χ0n) is 11.5. The minimum Gasteiger partial charge on any atom is -0.265 e. The maximum atomic E-state index is 13.0. The molecule has 0 bridgehead atoms. The lowest BCUT2D eigenvalue weighted by molar-refractivity contribution is -0.143. The predicted octanol–water partition coefficient (Wildman–Crippen LogP) is 3.70. The van der Waals surface area contributed by atoms with Crippen molar-refractivity contribution >= 4 is 0 Å². The molecule has 0 spiro atoms. The number of alkyl halides is 6. The van der Waals surface area contributed by atoms with Crippen LogP contribution < -0.4 is 0 Å². The summed E-state index contributed by atoms with van der Waals surface area (Å²) in [6, 6.07) is 5.22. The standard InChI is InChI=1S/C13H7F6N5/c14-12(15,16)10-5-11(13(17,18)19)24(22-10)8-3-1-7(2-4-8)9-6-20-23-21-9/h1-6H,(H,20,21,23). The van der Waals surface area contributed by atoms with Gasteiger partial charge in [-0.15, -0.1) is 5.10 Å². The van der Waals surface area contributed by atoms with Crippen molar-refractivity contribution in [3.05, 3.63) is 47.9 Å². The van der Waals surface area contributed by atoms with E-state index in [0.29, 0.717) is 11.3 Å². The first-order chi connectivity index (χ1) is 11.2. The molecule has 0 aliphatic carbocycles. The topological polar surface area (TPSA) is 59.4 Å². The molecular formula is C13H7F6N5. The lowest BCUT2D eigenvalue weighted by Gasteiger charge is -2.10. The van der Waals surface area contributed by atoms with Crippen LogP contribution in [0.2, 0.25) is 0 Å². The van der Waals surface area contributed by atoms with Crippen molar-refractivity contribution in [1.29, 1.82) is 0 Å². The molecule has 0 radical (unpaired) electrons. The zero-order valence-corrected chi connectivity index (χ0v) is 11.5. The Hall–Kier alpha value is -2.85. The molecule has 1 aromatic carbocycles. The Balaban J connectivity index is 2.06. The summed E-state index contributed by atoms with van der Waals surface area (Å²) in [4.78, 5) is 0. The van der Waals surface area contributed by atoms with E-state index in [0.717, 1.165) is 0 Å². The van der Waals surface area contributed by atoms with Crippen molar-refractivity contribution in [2.24, 2.45) is 0 Å². The molecule has 24 heavy (non-hydrogen) atoms. The molecule has 11 heteroatoms. The number of benzene rings is 1. The molecule has 3 rings (SSSR count).